The van der Waals surface area contributed by atoms with Crippen molar-refractivity contribution in [1.82, 2.24) is 10.3 Å². The Kier molecular flexibility index (Phi) is 2.06. The molecule has 2 heterocycles. The van der Waals surface area contributed by atoms with Crippen LogP contribution in [0.4, 0.5) is 0 Å². The lowest BCUT2D eigenvalue weighted by Crippen LogP contribution is -2.00. The van der Waals surface area contributed by atoms with Crippen molar-refractivity contribution < 1.29 is 9.47 Å². The van der Waals surface area contributed by atoms with Gasteiger partial charge in [0.05, 0.1) is 14.2 Å². The first-order valence-corrected chi connectivity index (χ1v) is 4.16. The molecule has 0 fully saturated rings. The molecule has 0 saturated carbocycles. The Labute approximate surface area is 76.9 Å². The lowest BCUT2D eigenvalue weighted by atomic mass is 10.2. The van der Waals surface area contributed by atoms with Crippen LogP contribution < -0.4 is 14.8 Å². The Hall–Kier alpha value is -1.29. The van der Waals surface area contributed by atoms with Gasteiger partial charge in [0.25, 0.3) is 0 Å². The number of aromatic nitrogens is 1. The van der Waals surface area contributed by atoms with Crippen LogP contribution in [0.1, 0.15) is 11.1 Å². The third-order valence-corrected chi connectivity index (χ3v) is 2.17. The van der Waals surface area contributed by atoms with Crippen LogP contribution >= 0.6 is 0 Å². The van der Waals surface area contributed by atoms with E-state index in [-0.39, 0.29) is 0 Å². The fraction of sp³-hybridized carbons (Fsp3) is 0.444. The standard InChI is InChI=1S/C9H12N2O2/c1-12-8-3-6-4-10-5-7(6)9(11-8)13-2/h3,10H,4-5H2,1-2H3. The lowest BCUT2D eigenvalue weighted by Gasteiger charge is -2.07. The molecule has 0 aromatic carbocycles. The van der Waals surface area contributed by atoms with Crippen molar-refractivity contribution in [3.05, 3.63) is 17.2 Å². The molecule has 1 N–H and O–H groups in total. The Morgan fingerprint density at radius 3 is 2.85 bits per heavy atom. The van der Waals surface area contributed by atoms with E-state index in [1.165, 1.54) is 5.56 Å². The predicted octanol–water partition coefficient (Wildman–Crippen LogP) is 0.702. The number of fused-ring (bicyclic) bond motifs is 1. The average Bonchev–Trinajstić information content (AvgIpc) is 2.63. The number of methoxy groups -OCH3 is 2. The molecule has 0 spiro atoms. The summed E-state index contributed by atoms with van der Waals surface area (Å²) >= 11 is 0. The van der Waals surface area contributed by atoms with Crippen LogP contribution in [-0.4, -0.2) is 19.2 Å². The maximum atomic E-state index is 5.17. The van der Waals surface area contributed by atoms with Crippen LogP contribution in [0.25, 0.3) is 0 Å². The van der Waals surface area contributed by atoms with Crippen molar-refractivity contribution >= 4 is 0 Å². The minimum atomic E-state index is 0.610. The van der Waals surface area contributed by atoms with E-state index in [9.17, 15) is 0 Å². The first-order valence-electron chi connectivity index (χ1n) is 4.16. The van der Waals surface area contributed by atoms with Gasteiger partial charge in [0, 0.05) is 24.7 Å². The van der Waals surface area contributed by atoms with Gasteiger partial charge in [0.2, 0.25) is 11.8 Å². The molecule has 2 rings (SSSR count). The second-order valence-corrected chi connectivity index (χ2v) is 2.92. The molecule has 13 heavy (non-hydrogen) atoms. The van der Waals surface area contributed by atoms with Gasteiger partial charge in [-0.3, -0.25) is 0 Å². The average molecular weight is 180 g/mol. The molecule has 0 radical (unpaired) electrons. The van der Waals surface area contributed by atoms with Crippen molar-refractivity contribution in [3.8, 4) is 11.8 Å². The van der Waals surface area contributed by atoms with Gasteiger partial charge in [-0.1, -0.05) is 0 Å². The molecule has 1 aromatic heterocycles. The largest absolute Gasteiger partial charge is 0.481 e. The molecule has 0 amide bonds. The molecule has 0 bridgehead atoms. The van der Waals surface area contributed by atoms with Gasteiger partial charge in [0.1, 0.15) is 0 Å². The molecule has 4 heteroatoms. The van der Waals surface area contributed by atoms with Crippen molar-refractivity contribution in [2.24, 2.45) is 0 Å². The predicted molar refractivity (Wildman–Crippen MR) is 47.9 cm³/mol. The zero-order valence-corrected chi connectivity index (χ0v) is 7.76. The first-order chi connectivity index (χ1) is 6.35. The van der Waals surface area contributed by atoms with Crippen LogP contribution in [-0.2, 0) is 13.1 Å². The van der Waals surface area contributed by atoms with Crippen LogP contribution in [0, 0.1) is 0 Å². The van der Waals surface area contributed by atoms with Gasteiger partial charge < -0.3 is 14.8 Å². The summed E-state index contributed by atoms with van der Waals surface area (Å²) in [6, 6.07) is 1.94. The summed E-state index contributed by atoms with van der Waals surface area (Å²) in [7, 11) is 3.23. The number of hydrogen-bond donors (Lipinski definition) is 1. The van der Waals surface area contributed by atoms with E-state index in [0.29, 0.717) is 11.8 Å². The van der Waals surface area contributed by atoms with Crippen LogP contribution in [0.5, 0.6) is 11.8 Å². The summed E-state index contributed by atoms with van der Waals surface area (Å²) in [5.41, 5.74) is 2.35. The Bertz CT molecular complexity index is 326. The molecule has 70 valence electrons. The summed E-state index contributed by atoms with van der Waals surface area (Å²) in [4.78, 5) is 4.20. The topological polar surface area (TPSA) is 43.4 Å². The highest BCUT2D eigenvalue weighted by molar-refractivity contribution is 5.41. The molecular weight excluding hydrogens is 168 g/mol. The van der Waals surface area contributed by atoms with E-state index in [1.807, 2.05) is 6.07 Å². The second-order valence-electron chi connectivity index (χ2n) is 2.92. The van der Waals surface area contributed by atoms with Crippen molar-refractivity contribution in [3.63, 3.8) is 0 Å². The highest BCUT2D eigenvalue weighted by atomic mass is 16.5. The first kappa shape index (κ1) is 8.31. The third-order valence-electron chi connectivity index (χ3n) is 2.17. The Morgan fingerprint density at radius 1 is 1.31 bits per heavy atom. The lowest BCUT2D eigenvalue weighted by molar-refractivity contribution is 0.361. The minimum absolute atomic E-state index is 0.610. The second kappa shape index (κ2) is 3.22. The summed E-state index contributed by atoms with van der Waals surface area (Å²) in [5.74, 6) is 1.28. The quantitative estimate of drug-likeness (QED) is 0.727. The van der Waals surface area contributed by atoms with E-state index in [2.05, 4.69) is 10.3 Å². The summed E-state index contributed by atoms with van der Waals surface area (Å²) in [6.45, 7) is 1.69. The highest BCUT2D eigenvalue weighted by Crippen LogP contribution is 2.27. The maximum Gasteiger partial charge on any atom is 0.221 e. The van der Waals surface area contributed by atoms with Gasteiger partial charge in [0.15, 0.2) is 0 Å². The number of ether oxygens (including phenoxy) is 2. The molecule has 4 nitrogen and oxygen atoms in total. The van der Waals surface area contributed by atoms with Gasteiger partial charge in [-0.15, -0.1) is 0 Å². The molecular formula is C9H12N2O2. The van der Waals surface area contributed by atoms with Crippen molar-refractivity contribution in [1.29, 1.82) is 0 Å². The van der Waals surface area contributed by atoms with E-state index in [1.54, 1.807) is 14.2 Å². The Balaban J connectivity index is 2.49. The van der Waals surface area contributed by atoms with E-state index in [4.69, 9.17) is 9.47 Å². The van der Waals surface area contributed by atoms with Crippen LogP contribution in [0.15, 0.2) is 6.07 Å². The molecule has 0 aliphatic carbocycles. The van der Waals surface area contributed by atoms with Crippen LogP contribution in [0.2, 0.25) is 0 Å². The zero-order chi connectivity index (χ0) is 9.26. The maximum absolute atomic E-state index is 5.17. The SMILES string of the molecule is COc1cc2c(c(OC)n1)CNC2. The number of hydrogen-bond acceptors (Lipinski definition) is 4. The van der Waals surface area contributed by atoms with Crippen LogP contribution in [0.3, 0.4) is 0 Å². The van der Waals surface area contributed by atoms with Gasteiger partial charge in [-0.2, -0.15) is 4.98 Å². The molecule has 1 aliphatic heterocycles. The monoisotopic (exact) mass is 180 g/mol. The summed E-state index contributed by atoms with van der Waals surface area (Å²) in [6.07, 6.45) is 0. The van der Waals surface area contributed by atoms with E-state index < -0.39 is 0 Å². The fourth-order valence-electron chi connectivity index (χ4n) is 1.52. The van der Waals surface area contributed by atoms with Gasteiger partial charge in [-0.05, 0) is 5.56 Å². The van der Waals surface area contributed by atoms with Gasteiger partial charge in [-0.25, -0.2) is 0 Å². The number of pyridine rings is 1. The molecule has 0 atom stereocenters. The van der Waals surface area contributed by atoms with Crippen molar-refractivity contribution in [2.75, 3.05) is 14.2 Å². The summed E-state index contributed by atoms with van der Waals surface area (Å²) < 4.78 is 10.2. The zero-order valence-electron chi connectivity index (χ0n) is 7.76. The van der Waals surface area contributed by atoms with E-state index in [0.717, 1.165) is 18.7 Å². The minimum Gasteiger partial charge on any atom is -0.481 e. The number of rotatable bonds is 2. The van der Waals surface area contributed by atoms with Gasteiger partial charge >= 0.3 is 0 Å². The summed E-state index contributed by atoms with van der Waals surface area (Å²) in [5, 5.41) is 3.24. The molecule has 0 saturated heterocycles. The fourth-order valence-corrected chi connectivity index (χ4v) is 1.52. The number of nitrogens with zero attached hydrogens (tertiary/aromatic N) is 1. The van der Waals surface area contributed by atoms with E-state index >= 15 is 0 Å². The molecule has 1 aliphatic rings. The Morgan fingerprint density at radius 2 is 2.15 bits per heavy atom. The third kappa shape index (κ3) is 1.33. The molecule has 1 aromatic rings. The number of nitrogens with one attached hydrogen (secondary N) is 1. The highest BCUT2D eigenvalue weighted by Gasteiger charge is 2.17. The normalized spacial score (nSPS) is 14.0. The van der Waals surface area contributed by atoms with Crippen molar-refractivity contribution in [2.45, 2.75) is 13.1 Å². The smallest absolute Gasteiger partial charge is 0.221 e. The molecule has 0 unspecified atom stereocenters.